The Morgan fingerprint density at radius 1 is 1.00 bits per heavy atom. The molecule has 0 aliphatic rings. The predicted octanol–water partition coefficient (Wildman–Crippen LogP) is 3.29. The summed E-state index contributed by atoms with van der Waals surface area (Å²) in [7, 11) is -0.687. The third-order valence-corrected chi connectivity index (χ3v) is 6.32. The normalized spacial score (nSPS) is 12.1. The highest BCUT2D eigenvalue weighted by Gasteiger charge is 2.16. The molecule has 0 fully saturated rings. The van der Waals surface area contributed by atoms with Crippen LogP contribution in [0.3, 0.4) is 0 Å². The van der Waals surface area contributed by atoms with Crippen molar-refractivity contribution in [3.05, 3.63) is 102 Å². The molecular weight excluding hydrogens is 424 g/mol. The van der Waals surface area contributed by atoms with Crippen molar-refractivity contribution in [1.29, 1.82) is 0 Å². The van der Waals surface area contributed by atoms with Gasteiger partial charge in [-0.25, -0.2) is 8.96 Å². The highest BCUT2D eigenvalue weighted by molar-refractivity contribution is 7.87. The number of hydrogen-bond donors (Lipinski definition) is 0. The molecule has 1 aromatic heterocycles. The Kier molecular flexibility index (Phi) is 7.75. The van der Waals surface area contributed by atoms with E-state index in [-0.39, 0.29) is 5.91 Å². The molecule has 3 aromatic rings. The lowest BCUT2D eigenvalue weighted by molar-refractivity contribution is -0.126. The van der Waals surface area contributed by atoms with Gasteiger partial charge >= 0.3 is 10.2 Å². The zero-order chi connectivity index (χ0) is 23.0. The molecule has 2 aromatic carbocycles. The summed E-state index contributed by atoms with van der Waals surface area (Å²) in [6, 6.07) is 19.4. The molecule has 32 heavy (non-hydrogen) atoms. The molecule has 0 aliphatic heterocycles. The van der Waals surface area contributed by atoms with E-state index in [2.05, 4.69) is 4.98 Å². The van der Waals surface area contributed by atoms with Crippen molar-refractivity contribution in [1.82, 2.24) is 18.2 Å². The van der Waals surface area contributed by atoms with Crippen LogP contribution in [0.25, 0.3) is 12.2 Å². The first kappa shape index (κ1) is 23.2. The molecule has 0 saturated heterocycles. The molecule has 0 aliphatic carbocycles. The fraction of sp³-hybridized carbons (Fsp3) is 0.167. The van der Waals surface area contributed by atoms with Gasteiger partial charge in [0, 0.05) is 39.5 Å². The lowest BCUT2D eigenvalue weighted by Crippen LogP contribution is -2.29. The number of aromatic nitrogens is 2. The average molecular weight is 451 g/mol. The fourth-order valence-electron chi connectivity index (χ4n) is 2.90. The van der Waals surface area contributed by atoms with Crippen molar-refractivity contribution in [2.45, 2.75) is 6.54 Å². The lowest BCUT2D eigenvalue weighted by Gasteiger charge is -2.19. The third-order valence-electron chi connectivity index (χ3n) is 4.67. The minimum atomic E-state index is -3.61. The van der Waals surface area contributed by atoms with E-state index in [1.54, 1.807) is 29.2 Å². The van der Waals surface area contributed by atoms with Crippen molar-refractivity contribution in [2.24, 2.45) is 0 Å². The minimum absolute atomic E-state index is 0.122. The Labute approximate surface area is 189 Å². The van der Waals surface area contributed by atoms with Gasteiger partial charge in [-0.3, -0.25) is 4.79 Å². The Balaban J connectivity index is 1.73. The predicted molar refractivity (Wildman–Crippen MR) is 127 cm³/mol. The Hall–Kier alpha value is -3.49. The molecule has 0 radical (unpaired) electrons. The molecular formula is C24H26N4O3S. The zero-order valence-corrected chi connectivity index (χ0v) is 18.9. The van der Waals surface area contributed by atoms with Crippen molar-refractivity contribution in [3.8, 4) is 0 Å². The monoisotopic (exact) mass is 450 g/mol. The van der Waals surface area contributed by atoms with Crippen molar-refractivity contribution < 1.29 is 13.2 Å². The fourth-order valence-corrected chi connectivity index (χ4v) is 3.68. The molecule has 0 spiro atoms. The number of amides is 1. The van der Waals surface area contributed by atoms with Crippen LogP contribution in [0.4, 0.5) is 0 Å². The number of hydrogen-bond acceptors (Lipinski definition) is 4. The molecule has 7 nitrogen and oxygen atoms in total. The first-order valence-corrected chi connectivity index (χ1v) is 11.5. The molecule has 166 valence electrons. The standard InChI is InChI=1S/C24H26N4O3S/c1-26(2)32(30,31)28-19-23(25-20-28)14-9-17-27(18-22-12-7-4-8-13-22)24(29)16-15-21-10-5-3-6-11-21/h3-16,19-20H,17-18H2,1-2H3/b14-9+,16-15+. The minimum Gasteiger partial charge on any atom is -0.331 e. The second kappa shape index (κ2) is 10.7. The molecule has 0 unspecified atom stereocenters. The van der Waals surface area contributed by atoms with Crippen LogP contribution in [0.15, 0.2) is 85.3 Å². The maximum Gasteiger partial charge on any atom is 0.308 e. The zero-order valence-electron chi connectivity index (χ0n) is 18.1. The van der Waals surface area contributed by atoms with E-state index in [1.165, 1.54) is 26.6 Å². The Bertz CT molecular complexity index is 1180. The van der Waals surface area contributed by atoms with Crippen LogP contribution < -0.4 is 0 Å². The summed E-state index contributed by atoms with van der Waals surface area (Å²) >= 11 is 0. The highest BCUT2D eigenvalue weighted by Crippen LogP contribution is 2.09. The summed E-state index contributed by atoms with van der Waals surface area (Å²) in [6.07, 6.45) is 9.54. The molecule has 0 N–H and O–H groups in total. The van der Waals surface area contributed by atoms with Crippen molar-refractivity contribution in [3.63, 3.8) is 0 Å². The molecule has 0 saturated carbocycles. The van der Waals surface area contributed by atoms with Crippen LogP contribution in [-0.4, -0.2) is 53.1 Å². The van der Waals surface area contributed by atoms with Crippen molar-refractivity contribution in [2.75, 3.05) is 20.6 Å². The van der Waals surface area contributed by atoms with Gasteiger partial charge in [0.05, 0.1) is 5.69 Å². The van der Waals surface area contributed by atoms with Crippen molar-refractivity contribution >= 4 is 28.3 Å². The number of rotatable bonds is 9. The van der Waals surface area contributed by atoms with Gasteiger partial charge in [0.15, 0.2) is 0 Å². The number of benzene rings is 2. The lowest BCUT2D eigenvalue weighted by atomic mass is 10.2. The average Bonchev–Trinajstić information content (AvgIpc) is 3.28. The Morgan fingerprint density at radius 2 is 1.66 bits per heavy atom. The summed E-state index contributed by atoms with van der Waals surface area (Å²) in [5.41, 5.74) is 2.45. The van der Waals surface area contributed by atoms with E-state index in [4.69, 9.17) is 0 Å². The van der Waals surface area contributed by atoms with E-state index in [9.17, 15) is 13.2 Å². The van der Waals surface area contributed by atoms with E-state index in [1.807, 2.05) is 60.7 Å². The van der Waals surface area contributed by atoms with Gasteiger partial charge in [0.2, 0.25) is 5.91 Å². The van der Waals surface area contributed by atoms with Gasteiger partial charge in [-0.15, -0.1) is 0 Å². The first-order valence-electron chi connectivity index (χ1n) is 10.1. The van der Waals surface area contributed by atoms with Gasteiger partial charge in [0.1, 0.15) is 6.33 Å². The topological polar surface area (TPSA) is 75.5 Å². The SMILES string of the molecule is CN(C)S(=O)(=O)n1cnc(/C=C/CN(Cc2ccccc2)C(=O)/C=C/c2ccccc2)c1. The number of nitrogens with zero attached hydrogens (tertiary/aromatic N) is 4. The number of carbonyl (C=O) groups is 1. The van der Waals surface area contributed by atoms with Crippen LogP contribution in [-0.2, 0) is 21.5 Å². The molecule has 0 bridgehead atoms. The van der Waals surface area contributed by atoms with E-state index < -0.39 is 10.2 Å². The third kappa shape index (κ3) is 6.26. The van der Waals surface area contributed by atoms with Crippen LogP contribution in [0.5, 0.6) is 0 Å². The van der Waals surface area contributed by atoms with Crippen LogP contribution in [0.1, 0.15) is 16.8 Å². The summed E-state index contributed by atoms with van der Waals surface area (Å²) in [5, 5.41) is 0. The molecule has 1 heterocycles. The summed E-state index contributed by atoms with van der Waals surface area (Å²) in [5.74, 6) is -0.122. The maximum atomic E-state index is 12.9. The number of imidazole rings is 1. The van der Waals surface area contributed by atoms with Crippen LogP contribution >= 0.6 is 0 Å². The molecule has 8 heteroatoms. The quantitative estimate of drug-likeness (QED) is 0.469. The largest absolute Gasteiger partial charge is 0.331 e. The van der Waals surface area contributed by atoms with Crippen LogP contribution in [0.2, 0.25) is 0 Å². The van der Waals surface area contributed by atoms with E-state index in [0.29, 0.717) is 18.8 Å². The molecule has 1 amide bonds. The second-order valence-electron chi connectivity index (χ2n) is 7.27. The Morgan fingerprint density at radius 3 is 2.31 bits per heavy atom. The summed E-state index contributed by atoms with van der Waals surface area (Å²) < 4.78 is 26.5. The highest BCUT2D eigenvalue weighted by atomic mass is 32.2. The van der Waals surface area contributed by atoms with E-state index >= 15 is 0 Å². The molecule has 0 atom stereocenters. The summed E-state index contributed by atoms with van der Waals surface area (Å²) in [4.78, 5) is 18.7. The van der Waals surface area contributed by atoms with Gasteiger partial charge in [-0.05, 0) is 23.3 Å². The summed E-state index contributed by atoms with van der Waals surface area (Å²) in [6.45, 7) is 0.798. The van der Waals surface area contributed by atoms with E-state index in [0.717, 1.165) is 19.4 Å². The number of carbonyl (C=O) groups excluding carboxylic acids is 1. The smallest absolute Gasteiger partial charge is 0.308 e. The molecule has 3 rings (SSSR count). The van der Waals surface area contributed by atoms with Gasteiger partial charge in [-0.1, -0.05) is 66.7 Å². The first-order chi connectivity index (χ1) is 15.4. The van der Waals surface area contributed by atoms with Gasteiger partial charge < -0.3 is 4.90 Å². The van der Waals surface area contributed by atoms with Gasteiger partial charge in [-0.2, -0.15) is 12.7 Å². The maximum absolute atomic E-state index is 12.9. The van der Waals surface area contributed by atoms with Gasteiger partial charge in [0.25, 0.3) is 0 Å². The van der Waals surface area contributed by atoms with Crippen LogP contribution in [0, 0.1) is 0 Å². The second-order valence-corrected chi connectivity index (χ2v) is 9.32.